The Bertz CT molecular complexity index is 540. The molecule has 0 fully saturated rings. The van der Waals surface area contributed by atoms with E-state index in [0.717, 1.165) is 22.7 Å². The van der Waals surface area contributed by atoms with Gasteiger partial charge in [-0.05, 0) is 30.0 Å². The first-order valence-corrected chi connectivity index (χ1v) is 6.34. The molecule has 3 heteroatoms. The lowest BCUT2D eigenvalue weighted by molar-refractivity contribution is 1.15. The zero-order valence-electron chi connectivity index (χ0n) is 8.94. The van der Waals surface area contributed by atoms with Crippen LogP contribution in [-0.2, 0) is 12.8 Å². The lowest BCUT2D eigenvalue weighted by atomic mass is 10.0. The summed E-state index contributed by atoms with van der Waals surface area (Å²) < 4.78 is 2.01. The minimum absolute atomic E-state index is 0.816. The van der Waals surface area contributed by atoms with Crippen molar-refractivity contribution in [3.8, 4) is 0 Å². The monoisotopic (exact) mass is 247 g/mol. The van der Waals surface area contributed by atoms with E-state index in [1.807, 2.05) is 12.2 Å². The smallest absolute Gasteiger partial charge is 0.148 e. The molecule has 0 bridgehead atoms. The fourth-order valence-corrected chi connectivity index (χ4v) is 2.93. The van der Waals surface area contributed by atoms with Crippen LogP contribution in [0.2, 0.25) is 0 Å². The molecule has 0 radical (unpaired) electrons. The van der Waals surface area contributed by atoms with Crippen LogP contribution in [0.15, 0.2) is 41.8 Å². The van der Waals surface area contributed by atoms with Gasteiger partial charge in [0.1, 0.15) is 4.34 Å². The molecule has 1 aromatic heterocycles. The molecule has 1 heterocycles. The van der Waals surface area contributed by atoms with Crippen LogP contribution in [0.1, 0.15) is 11.1 Å². The molecule has 1 aromatic carbocycles. The van der Waals surface area contributed by atoms with Gasteiger partial charge in [0.05, 0.1) is 10.2 Å². The largest absolute Gasteiger partial charge is 0.230 e. The van der Waals surface area contributed by atoms with Crippen molar-refractivity contribution < 1.29 is 0 Å². The second-order valence-electron chi connectivity index (χ2n) is 3.53. The molecule has 2 rings (SSSR count). The SMILES string of the molecule is C=CCc1ccc2sc(S)nc2c1CC=C. The van der Waals surface area contributed by atoms with Crippen molar-refractivity contribution in [1.29, 1.82) is 0 Å². The molecule has 0 saturated heterocycles. The highest BCUT2D eigenvalue weighted by molar-refractivity contribution is 7.82. The topological polar surface area (TPSA) is 12.9 Å². The van der Waals surface area contributed by atoms with E-state index in [2.05, 4.69) is 42.9 Å². The van der Waals surface area contributed by atoms with Gasteiger partial charge in [0.2, 0.25) is 0 Å². The van der Waals surface area contributed by atoms with Crippen molar-refractivity contribution >= 4 is 34.2 Å². The lowest BCUT2D eigenvalue weighted by Gasteiger charge is -2.06. The number of rotatable bonds is 4. The number of fused-ring (bicyclic) bond motifs is 1. The predicted molar refractivity (Wildman–Crippen MR) is 74.7 cm³/mol. The molecule has 2 aromatic rings. The minimum atomic E-state index is 0.816. The quantitative estimate of drug-likeness (QED) is 0.635. The fraction of sp³-hybridized carbons (Fsp3) is 0.154. The standard InChI is InChI=1S/C13H13NS2/c1-3-5-9-7-8-11-12(10(9)6-4-2)14-13(15)16-11/h3-4,7-8H,1-2,5-6H2,(H,14,15). The number of hydrogen-bond donors (Lipinski definition) is 1. The Balaban J connectivity index is 2.66. The van der Waals surface area contributed by atoms with Crippen LogP contribution in [0.3, 0.4) is 0 Å². The van der Waals surface area contributed by atoms with Gasteiger partial charge < -0.3 is 0 Å². The summed E-state index contributed by atoms with van der Waals surface area (Å²) in [5.41, 5.74) is 3.60. The zero-order valence-corrected chi connectivity index (χ0v) is 10.7. The summed E-state index contributed by atoms with van der Waals surface area (Å²) >= 11 is 5.92. The Morgan fingerprint density at radius 1 is 1.25 bits per heavy atom. The molecule has 0 aliphatic carbocycles. The summed E-state index contributed by atoms with van der Waals surface area (Å²) in [6.45, 7) is 7.59. The molecular weight excluding hydrogens is 234 g/mol. The van der Waals surface area contributed by atoms with Crippen LogP contribution in [0.4, 0.5) is 0 Å². The Labute approximate surface area is 105 Å². The van der Waals surface area contributed by atoms with Gasteiger partial charge >= 0.3 is 0 Å². The summed E-state index contributed by atoms with van der Waals surface area (Å²) in [5.74, 6) is 0. The second kappa shape index (κ2) is 4.85. The summed E-state index contributed by atoms with van der Waals surface area (Å²) in [5, 5.41) is 0. The van der Waals surface area contributed by atoms with Crippen LogP contribution < -0.4 is 0 Å². The van der Waals surface area contributed by atoms with Crippen molar-refractivity contribution in [1.82, 2.24) is 4.98 Å². The van der Waals surface area contributed by atoms with Gasteiger partial charge in [-0.1, -0.05) is 18.2 Å². The minimum Gasteiger partial charge on any atom is -0.230 e. The number of thiazole rings is 1. The summed E-state index contributed by atoms with van der Waals surface area (Å²) in [6.07, 6.45) is 5.55. The van der Waals surface area contributed by atoms with Gasteiger partial charge in [-0.2, -0.15) is 0 Å². The first-order valence-electron chi connectivity index (χ1n) is 5.08. The normalized spacial score (nSPS) is 10.6. The molecule has 0 aliphatic heterocycles. The Morgan fingerprint density at radius 2 is 2.00 bits per heavy atom. The molecule has 0 spiro atoms. The predicted octanol–water partition coefficient (Wildman–Crippen LogP) is 4.04. The van der Waals surface area contributed by atoms with E-state index < -0.39 is 0 Å². The van der Waals surface area contributed by atoms with Gasteiger partial charge in [-0.3, -0.25) is 0 Å². The molecule has 1 nitrogen and oxygen atoms in total. The van der Waals surface area contributed by atoms with Gasteiger partial charge in [0, 0.05) is 0 Å². The van der Waals surface area contributed by atoms with E-state index in [0.29, 0.717) is 0 Å². The Morgan fingerprint density at radius 3 is 2.69 bits per heavy atom. The molecule has 0 unspecified atom stereocenters. The lowest BCUT2D eigenvalue weighted by Crippen LogP contribution is -1.93. The highest BCUT2D eigenvalue weighted by Gasteiger charge is 2.09. The summed E-state index contributed by atoms with van der Waals surface area (Å²) in [7, 11) is 0. The number of aromatic nitrogens is 1. The number of hydrogen-bond acceptors (Lipinski definition) is 3. The van der Waals surface area contributed by atoms with Gasteiger partial charge in [-0.15, -0.1) is 37.1 Å². The highest BCUT2D eigenvalue weighted by atomic mass is 32.2. The van der Waals surface area contributed by atoms with E-state index in [1.165, 1.54) is 15.8 Å². The third kappa shape index (κ3) is 2.06. The first kappa shape index (κ1) is 11.4. The number of benzene rings is 1. The van der Waals surface area contributed by atoms with Crippen molar-refractivity contribution in [2.24, 2.45) is 0 Å². The number of thiol groups is 1. The summed E-state index contributed by atoms with van der Waals surface area (Å²) in [6, 6.07) is 4.26. The third-order valence-corrected chi connectivity index (χ3v) is 3.66. The first-order chi connectivity index (χ1) is 7.76. The van der Waals surface area contributed by atoms with E-state index in [-0.39, 0.29) is 0 Å². The molecule has 82 valence electrons. The van der Waals surface area contributed by atoms with Crippen molar-refractivity contribution in [3.63, 3.8) is 0 Å². The van der Waals surface area contributed by atoms with Crippen molar-refractivity contribution in [3.05, 3.63) is 48.6 Å². The van der Waals surface area contributed by atoms with Crippen LogP contribution in [0.25, 0.3) is 10.2 Å². The van der Waals surface area contributed by atoms with Crippen molar-refractivity contribution in [2.45, 2.75) is 17.2 Å². The van der Waals surface area contributed by atoms with E-state index in [9.17, 15) is 0 Å². The van der Waals surface area contributed by atoms with Crippen LogP contribution in [0.5, 0.6) is 0 Å². The summed E-state index contributed by atoms with van der Waals surface area (Å²) in [4.78, 5) is 4.48. The average molecular weight is 247 g/mol. The zero-order chi connectivity index (χ0) is 11.5. The molecule has 0 saturated carbocycles. The van der Waals surface area contributed by atoms with E-state index >= 15 is 0 Å². The number of nitrogens with zero attached hydrogens (tertiary/aromatic N) is 1. The fourth-order valence-electron chi connectivity index (χ4n) is 1.80. The van der Waals surface area contributed by atoms with Gasteiger partial charge in [0.15, 0.2) is 0 Å². The van der Waals surface area contributed by atoms with Crippen LogP contribution in [-0.4, -0.2) is 4.98 Å². The maximum atomic E-state index is 4.48. The molecule has 16 heavy (non-hydrogen) atoms. The Hall–Kier alpha value is -1.06. The van der Waals surface area contributed by atoms with E-state index in [1.54, 1.807) is 11.3 Å². The van der Waals surface area contributed by atoms with Gasteiger partial charge in [0.25, 0.3) is 0 Å². The molecule has 0 amide bonds. The van der Waals surface area contributed by atoms with Crippen LogP contribution >= 0.6 is 24.0 Å². The maximum absolute atomic E-state index is 4.48. The van der Waals surface area contributed by atoms with Crippen LogP contribution in [0, 0.1) is 0 Å². The third-order valence-electron chi connectivity index (χ3n) is 2.46. The maximum Gasteiger partial charge on any atom is 0.148 e. The van der Waals surface area contributed by atoms with E-state index in [4.69, 9.17) is 0 Å². The highest BCUT2D eigenvalue weighted by Crippen LogP contribution is 2.29. The molecular formula is C13H13NS2. The van der Waals surface area contributed by atoms with Crippen molar-refractivity contribution in [2.75, 3.05) is 0 Å². The second-order valence-corrected chi connectivity index (χ2v) is 5.29. The molecule has 0 atom stereocenters. The average Bonchev–Trinajstić information content (AvgIpc) is 2.63. The number of allylic oxidation sites excluding steroid dienone is 2. The molecule has 0 aliphatic rings. The Kier molecular flexibility index (Phi) is 3.46. The van der Waals surface area contributed by atoms with Gasteiger partial charge in [-0.25, -0.2) is 4.98 Å². The molecule has 0 N–H and O–H groups in total.